The highest BCUT2D eigenvalue weighted by Gasteiger charge is 2.38. The van der Waals surface area contributed by atoms with Crippen molar-refractivity contribution in [3.63, 3.8) is 0 Å². The molecule has 1 saturated carbocycles. The van der Waals surface area contributed by atoms with Gasteiger partial charge in [0.15, 0.2) is 0 Å². The van der Waals surface area contributed by atoms with Gasteiger partial charge in [0, 0.05) is 5.39 Å². The first-order valence-electron chi connectivity index (χ1n) is 10.3. The van der Waals surface area contributed by atoms with Gasteiger partial charge in [-0.3, -0.25) is 9.59 Å². The molecule has 1 aliphatic carbocycles. The average molecular weight is 399 g/mol. The fraction of sp³-hybridized carbons (Fsp3) is 0.240. The quantitative estimate of drug-likeness (QED) is 0.452. The summed E-state index contributed by atoms with van der Waals surface area (Å²) in [5.74, 6) is -1.23. The van der Waals surface area contributed by atoms with Crippen LogP contribution in [0, 0.1) is 0 Å². The van der Waals surface area contributed by atoms with E-state index in [2.05, 4.69) is 0 Å². The smallest absolute Gasteiger partial charge is 0.338 e. The van der Waals surface area contributed by atoms with Gasteiger partial charge in [-0.25, -0.2) is 9.69 Å². The number of nitrogens with zero attached hydrogens (tertiary/aromatic N) is 1. The average Bonchev–Trinajstić information content (AvgIpc) is 3.03. The summed E-state index contributed by atoms with van der Waals surface area (Å²) < 4.78 is 5.62. The third-order valence-electron chi connectivity index (χ3n) is 5.96. The maximum atomic E-state index is 13.2. The molecule has 150 valence electrons. The van der Waals surface area contributed by atoms with Crippen LogP contribution in [0.3, 0.4) is 0 Å². The first-order valence-corrected chi connectivity index (χ1v) is 10.3. The summed E-state index contributed by atoms with van der Waals surface area (Å²) in [5.41, 5.74) is 1.40. The van der Waals surface area contributed by atoms with Gasteiger partial charge in [0.05, 0.1) is 22.4 Å². The molecule has 0 atom stereocenters. The largest absolute Gasteiger partial charge is 0.459 e. The molecule has 1 heterocycles. The lowest BCUT2D eigenvalue weighted by atomic mass is 9.97. The summed E-state index contributed by atoms with van der Waals surface area (Å²) in [5, 5.41) is 1.77. The van der Waals surface area contributed by atoms with Gasteiger partial charge < -0.3 is 4.74 Å². The van der Waals surface area contributed by atoms with E-state index in [0.717, 1.165) is 36.5 Å². The van der Waals surface area contributed by atoms with Gasteiger partial charge in [-0.1, -0.05) is 42.8 Å². The molecule has 0 saturated heterocycles. The molecule has 2 aliphatic rings. The number of ether oxygens (including phenoxy) is 1. The Morgan fingerprint density at radius 3 is 2.40 bits per heavy atom. The van der Waals surface area contributed by atoms with E-state index < -0.39 is 11.9 Å². The van der Waals surface area contributed by atoms with Crippen LogP contribution in [0.2, 0.25) is 0 Å². The summed E-state index contributed by atoms with van der Waals surface area (Å²) in [7, 11) is 0. The minimum absolute atomic E-state index is 0.0657. The number of esters is 1. The van der Waals surface area contributed by atoms with Crippen molar-refractivity contribution < 1.29 is 19.1 Å². The van der Waals surface area contributed by atoms with Crippen LogP contribution in [0.1, 0.15) is 63.2 Å². The van der Waals surface area contributed by atoms with Crippen molar-refractivity contribution in [2.75, 3.05) is 4.90 Å². The van der Waals surface area contributed by atoms with Crippen LogP contribution in [0.5, 0.6) is 0 Å². The van der Waals surface area contributed by atoms with Crippen molar-refractivity contribution in [3.05, 3.63) is 77.4 Å². The molecule has 30 heavy (non-hydrogen) atoms. The van der Waals surface area contributed by atoms with E-state index in [-0.39, 0.29) is 17.6 Å². The maximum absolute atomic E-state index is 13.2. The third kappa shape index (κ3) is 3.07. The van der Waals surface area contributed by atoms with Gasteiger partial charge in [0.1, 0.15) is 6.10 Å². The second kappa shape index (κ2) is 7.41. The van der Waals surface area contributed by atoms with E-state index in [0.29, 0.717) is 16.8 Å². The number of carbonyl (C=O) groups excluding carboxylic acids is 3. The van der Waals surface area contributed by atoms with Crippen LogP contribution >= 0.6 is 0 Å². The van der Waals surface area contributed by atoms with Gasteiger partial charge >= 0.3 is 5.97 Å². The van der Waals surface area contributed by atoms with E-state index in [9.17, 15) is 14.4 Å². The topological polar surface area (TPSA) is 63.7 Å². The lowest BCUT2D eigenvalue weighted by molar-refractivity contribution is 0.0211. The first-order chi connectivity index (χ1) is 14.6. The number of amides is 2. The predicted molar refractivity (Wildman–Crippen MR) is 114 cm³/mol. The molecule has 0 bridgehead atoms. The molecule has 1 aliphatic heterocycles. The Kier molecular flexibility index (Phi) is 4.58. The summed E-state index contributed by atoms with van der Waals surface area (Å²) in [4.78, 5) is 40.0. The summed E-state index contributed by atoms with van der Waals surface area (Å²) in [6, 6.07) is 17.8. The zero-order valence-corrected chi connectivity index (χ0v) is 16.5. The van der Waals surface area contributed by atoms with Gasteiger partial charge in [0.25, 0.3) is 11.8 Å². The van der Waals surface area contributed by atoms with Crippen LogP contribution in [0.15, 0.2) is 60.7 Å². The number of rotatable bonds is 3. The zero-order chi connectivity index (χ0) is 20.7. The van der Waals surface area contributed by atoms with E-state index >= 15 is 0 Å². The van der Waals surface area contributed by atoms with Crippen molar-refractivity contribution in [3.8, 4) is 0 Å². The Bertz CT molecular complexity index is 1170. The summed E-state index contributed by atoms with van der Waals surface area (Å²) in [6.45, 7) is 0. The fourth-order valence-electron chi connectivity index (χ4n) is 4.39. The molecule has 0 spiro atoms. The van der Waals surface area contributed by atoms with Gasteiger partial charge in [-0.2, -0.15) is 0 Å². The van der Waals surface area contributed by atoms with Crippen molar-refractivity contribution in [1.29, 1.82) is 0 Å². The first kappa shape index (κ1) is 18.6. The van der Waals surface area contributed by atoms with Crippen LogP contribution in [0.4, 0.5) is 5.69 Å². The Morgan fingerprint density at radius 1 is 0.833 bits per heavy atom. The molecule has 0 N–H and O–H groups in total. The lowest BCUT2D eigenvalue weighted by Crippen LogP contribution is -2.29. The van der Waals surface area contributed by atoms with E-state index in [4.69, 9.17) is 4.74 Å². The molecule has 5 nitrogen and oxygen atoms in total. The molecular weight excluding hydrogens is 378 g/mol. The van der Waals surface area contributed by atoms with E-state index in [1.807, 2.05) is 36.4 Å². The van der Waals surface area contributed by atoms with Crippen molar-refractivity contribution >= 4 is 34.2 Å². The minimum atomic E-state index is -0.437. The van der Waals surface area contributed by atoms with Crippen molar-refractivity contribution in [2.24, 2.45) is 0 Å². The van der Waals surface area contributed by atoms with Gasteiger partial charge in [-0.15, -0.1) is 0 Å². The Hall–Kier alpha value is -3.47. The molecular formula is C25H21NO4. The Balaban J connectivity index is 1.47. The van der Waals surface area contributed by atoms with Gasteiger partial charge in [-0.05, 0) is 55.3 Å². The number of hydrogen-bond acceptors (Lipinski definition) is 4. The summed E-state index contributed by atoms with van der Waals surface area (Å²) in [6.07, 6.45) is 4.99. The molecule has 0 unspecified atom stereocenters. The number of imide groups is 1. The zero-order valence-electron chi connectivity index (χ0n) is 16.5. The number of fused-ring (bicyclic) bond motifs is 2. The molecule has 5 rings (SSSR count). The van der Waals surface area contributed by atoms with Crippen LogP contribution in [0.25, 0.3) is 10.8 Å². The van der Waals surface area contributed by atoms with Crippen LogP contribution in [-0.4, -0.2) is 23.9 Å². The lowest BCUT2D eigenvalue weighted by Gasteiger charge is -2.21. The number of benzene rings is 3. The Morgan fingerprint density at radius 2 is 1.57 bits per heavy atom. The molecule has 0 radical (unpaired) electrons. The number of hydrogen-bond donors (Lipinski definition) is 0. The Labute approximate surface area is 174 Å². The minimum Gasteiger partial charge on any atom is -0.459 e. The van der Waals surface area contributed by atoms with Crippen molar-refractivity contribution in [2.45, 2.75) is 38.2 Å². The molecule has 1 fully saturated rings. The van der Waals surface area contributed by atoms with E-state index in [1.54, 1.807) is 18.2 Å². The monoisotopic (exact) mass is 399 g/mol. The highest BCUT2D eigenvalue weighted by Crippen LogP contribution is 2.34. The molecule has 0 aromatic heterocycles. The SMILES string of the molecule is O=C(OC1CCCCC1)c1ccc2c(c1)C(=O)N(c1cccc3ccccc13)C2=O. The standard InChI is InChI=1S/C25H21NO4/c27-23-20-14-13-17(25(29)30-18-9-2-1-3-10-18)15-21(20)24(28)26(23)22-12-6-8-16-7-4-5-11-19(16)22/h4-8,11-15,18H,1-3,9-10H2. The maximum Gasteiger partial charge on any atom is 0.338 e. The third-order valence-corrected chi connectivity index (χ3v) is 5.96. The van der Waals surface area contributed by atoms with Gasteiger partial charge in [0.2, 0.25) is 0 Å². The second-order valence-corrected chi connectivity index (χ2v) is 7.87. The number of carbonyl (C=O) groups is 3. The number of anilines is 1. The van der Waals surface area contributed by atoms with Crippen LogP contribution < -0.4 is 4.90 Å². The van der Waals surface area contributed by atoms with Crippen molar-refractivity contribution in [1.82, 2.24) is 0 Å². The molecule has 3 aromatic rings. The molecule has 3 aromatic carbocycles. The van der Waals surface area contributed by atoms with E-state index in [1.165, 1.54) is 17.4 Å². The molecule has 5 heteroatoms. The highest BCUT2D eigenvalue weighted by atomic mass is 16.5. The second-order valence-electron chi connectivity index (χ2n) is 7.87. The van der Waals surface area contributed by atoms with Crippen LogP contribution in [-0.2, 0) is 4.74 Å². The fourth-order valence-corrected chi connectivity index (χ4v) is 4.39. The predicted octanol–water partition coefficient (Wildman–Crippen LogP) is 5.13. The normalized spacial score (nSPS) is 16.7. The highest BCUT2D eigenvalue weighted by molar-refractivity contribution is 6.36. The molecule has 2 amide bonds. The summed E-state index contributed by atoms with van der Waals surface area (Å²) >= 11 is 0.